The Morgan fingerprint density at radius 3 is 2.76 bits per heavy atom. The molecule has 3 unspecified atom stereocenters. The molecule has 7 nitrogen and oxygen atoms in total. The van der Waals surface area contributed by atoms with E-state index >= 15 is 0 Å². The summed E-state index contributed by atoms with van der Waals surface area (Å²) in [5, 5.41) is 5.46. The van der Waals surface area contributed by atoms with E-state index in [1.807, 2.05) is 44.4 Å². The number of hydrogen-bond donors (Lipinski definition) is 1. The van der Waals surface area contributed by atoms with Crippen LogP contribution in [0.2, 0.25) is 0 Å². The first-order chi connectivity index (χ1) is 17.7. The molecule has 3 heterocycles. The molecule has 1 saturated carbocycles. The number of benzene rings is 1. The first-order valence-electron chi connectivity index (χ1n) is 13.0. The van der Waals surface area contributed by atoms with Crippen molar-refractivity contribution in [1.82, 2.24) is 14.9 Å². The van der Waals surface area contributed by atoms with Crippen LogP contribution in [0.4, 0.5) is 10.6 Å². The SMILES string of the molecule is CC1CCC(Nc2ncncc2C(=O)c2cc(C3c4ccccc4CCN3C(=O)OC(C)(C)C)cs2)C1. The molecule has 5 rings (SSSR count). The van der Waals surface area contributed by atoms with E-state index < -0.39 is 5.60 Å². The Kier molecular flexibility index (Phi) is 7.03. The average molecular weight is 519 g/mol. The number of fused-ring (bicyclic) bond motifs is 1. The van der Waals surface area contributed by atoms with Gasteiger partial charge in [-0.05, 0) is 80.5 Å². The molecule has 2 aromatic heterocycles. The first kappa shape index (κ1) is 25.4. The molecule has 0 saturated heterocycles. The third-order valence-electron chi connectivity index (χ3n) is 7.06. The molecule has 2 aliphatic rings. The molecule has 1 aromatic carbocycles. The molecule has 1 fully saturated rings. The Hall–Kier alpha value is -3.26. The Morgan fingerprint density at radius 2 is 2.00 bits per heavy atom. The predicted molar refractivity (Wildman–Crippen MR) is 145 cm³/mol. The molecule has 8 heteroatoms. The van der Waals surface area contributed by atoms with Crippen LogP contribution in [0, 0.1) is 5.92 Å². The van der Waals surface area contributed by atoms with Crippen LogP contribution >= 0.6 is 11.3 Å². The van der Waals surface area contributed by atoms with Gasteiger partial charge in [0.25, 0.3) is 0 Å². The summed E-state index contributed by atoms with van der Waals surface area (Å²) in [5.74, 6) is 1.15. The van der Waals surface area contributed by atoms with E-state index in [1.165, 1.54) is 29.6 Å². The van der Waals surface area contributed by atoms with Gasteiger partial charge in [0.05, 0.1) is 16.5 Å². The zero-order valence-corrected chi connectivity index (χ0v) is 22.7. The van der Waals surface area contributed by atoms with Gasteiger partial charge in [-0.3, -0.25) is 9.69 Å². The fraction of sp³-hybridized carbons (Fsp3) is 0.448. The van der Waals surface area contributed by atoms with Crippen LogP contribution in [-0.4, -0.2) is 44.9 Å². The van der Waals surface area contributed by atoms with Crippen LogP contribution in [0.5, 0.6) is 0 Å². The maximum Gasteiger partial charge on any atom is 0.411 e. The van der Waals surface area contributed by atoms with Crippen LogP contribution in [0.15, 0.2) is 48.2 Å². The van der Waals surface area contributed by atoms with Crippen molar-refractivity contribution >= 4 is 29.0 Å². The third-order valence-corrected chi connectivity index (χ3v) is 8.01. The highest BCUT2D eigenvalue weighted by molar-refractivity contribution is 7.12. The van der Waals surface area contributed by atoms with Crippen LogP contribution in [0.25, 0.3) is 0 Å². The molecule has 1 N–H and O–H groups in total. The molecular formula is C29H34N4O3S. The second kappa shape index (κ2) is 10.2. The number of ether oxygens (including phenoxy) is 1. The van der Waals surface area contributed by atoms with Crippen molar-refractivity contribution in [2.45, 2.75) is 71.1 Å². The normalized spacial score (nSPS) is 21.4. The number of nitrogens with zero attached hydrogens (tertiary/aromatic N) is 3. The number of thiophene rings is 1. The van der Waals surface area contributed by atoms with Gasteiger partial charge >= 0.3 is 6.09 Å². The molecule has 1 aliphatic heterocycles. The van der Waals surface area contributed by atoms with E-state index in [-0.39, 0.29) is 17.9 Å². The number of anilines is 1. The molecule has 0 radical (unpaired) electrons. The lowest BCUT2D eigenvalue weighted by Crippen LogP contribution is -2.43. The molecular weight excluding hydrogens is 484 g/mol. The van der Waals surface area contributed by atoms with Gasteiger partial charge in [0.1, 0.15) is 17.7 Å². The minimum absolute atomic E-state index is 0.113. The third kappa shape index (κ3) is 5.54. The van der Waals surface area contributed by atoms with Gasteiger partial charge in [-0.1, -0.05) is 31.2 Å². The molecule has 194 valence electrons. The summed E-state index contributed by atoms with van der Waals surface area (Å²) in [7, 11) is 0. The van der Waals surface area contributed by atoms with E-state index in [9.17, 15) is 9.59 Å². The van der Waals surface area contributed by atoms with E-state index in [0.717, 1.165) is 30.4 Å². The lowest BCUT2D eigenvalue weighted by atomic mass is 9.89. The van der Waals surface area contributed by atoms with E-state index in [4.69, 9.17) is 4.74 Å². The Morgan fingerprint density at radius 1 is 1.19 bits per heavy atom. The van der Waals surface area contributed by atoms with Gasteiger partial charge in [0, 0.05) is 18.8 Å². The van der Waals surface area contributed by atoms with Gasteiger partial charge in [-0.25, -0.2) is 14.8 Å². The van der Waals surface area contributed by atoms with E-state index in [2.05, 4.69) is 34.3 Å². The molecule has 3 atom stereocenters. The van der Waals surface area contributed by atoms with Crippen molar-refractivity contribution in [2.75, 3.05) is 11.9 Å². The maximum absolute atomic E-state index is 13.6. The molecule has 1 amide bonds. The van der Waals surface area contributed by atoms with Crippen LogP contribution in [0.3, 0.4) is 0 Å². The zero-order chi connectivity index (χ0) is 26.2. The van der Waals surface area contributed by atoms with Crippen molar-refractivity contribution in [3.8, 4) is 0 Å². The Bertz CT molecular complexity index is 1300. The predicted octanol–water partition coefficient (Wildman–Crippen LogP) is 6.25. The van der Waals surface area contributed by atoms with Crippen LogP contribution < -0.4 is 5.32 Å². The topological polar surface area (TPSA) is 84.4 Å². The van der Waals surface area contributed by atoms with E-state index in [0.29, 0.717) is 34.8 Å². The highest BCUT2D eigenvalue weighted by Crippen LogP contribution is 2.38. The summed E-state index contributed by atoms with van der Waals surface area (Å²) in [6, 6.07) is 10.1. The van der Waals surface area contributed by atoms with Crippen molar-refractivity contribution in [3.63, 3.8) is 0 Å². The highest BCUT2D eigenvalue weighted by atomic mass is 32.1. The summed E-state index contributed by atoms with van der Waals surface area (Å²) in [4.78, 5) is 37.8. The number of carbonyl (C=O) groups is 2. The summed E-state index contributed by atoms with van der Waals surface area (Å²) in [6.07, 6.45) is 6.81. The van der Waals surface area contributed by atoms with Gasteiger partial charge in [-0.15, -0.1) is 11.3 Å². The molecule has 1 aliphatic carbocycles. The van der Waals surface area contributed by atoms with Gasteiger partial charge < -0.3 is 10.1 Å². The second-order valence-electron chi connectivity index (χ2n) is 11.1. The summed E-state index contributed by atoms with van der Waals surface area (Å²) in [5.41, 5.74) is 3.06. The largest absolute Gasteiger partial charge is 0.444 e. The number of hydrogen-bond acceptors (Lipinski definition) is 7. The van der Waals surface area contributed by atoms with Crippen molar-refractivity contribution in [2.24, 2.45) is 5.92 Å². The number of nitrogens with one attached hydrogen (secondary N) is 1. The fourth-order valence-corrected chi connectivity index (χ4v) is 6.21. The van der Waals surface area contributed by atoms with Crippen LogP contribution in [0.1, 0.15) is 84.9 Å². The van der Waals surface area contributed by atoms with Crippen molar-refractivity contribution < 1.29 is 14.3 Å². The summed E-state index contributed by atoms with van der Waals surface area (Å²) < 4.78 is 5.75. The Labute approximate surface area is 222 Å². The lowest BCUT2D eigenvalue weighted by molar-refractivity contribution is 0.0178. The number of ketones is 1. The first-order valence-corrected chi connectivity index (χ1v) is 13.8. The average Bonchev–Trinajstić information content (AvgIpc) is 3.51. The lowest BCUT2D eigenvalue weighted by Gasteiger charge is -2.38. The molecule has 3 aromatic rings. The summed E-state index contributed by atoms with van der Waals surface area (Å²) in [6.45, 7) is 8.43. The Balaban J connectivity index is 1.45. The highest BCUT2D eigenvalue weighted by Gasteiger charge is 2.35. The van der Waals surface area contributed by atoms with Crippen molar-refractivity contribution in [1.29, 1.82) is 0 Å². The quantitative estimate of drug-likeness (QED) is 0.402. The second-order valence-corrected chi connectivity index (χ2v) is 12.1. The monoisotopic (exact) mass is 518 g/mol. The standard InChI is InChI=1S/C29H34N4O3S/c1-18-9-10-21(13-18)32-27-23(15-30-17-31-27)26(34)24-14-20(16-37-24)25-22-8-6-5-7-19(22)11-12-33(25)28(35)36-29(2,3)4/h5-8,14-18,21,25H,9-13H2,1-4H3,(H,30,31,32). The molecule has 37 heavy (non-hydrogen) atoms. The minimum Gasteiger partial charge on any atom is -0.444 e. The molecule has 0 spiro atoms. The zero-order valence-electron chi connectivity index (χ0n) is 21.9. The minimum atomic E-state index is -0.595. The number of carbonyl (C=O) groups excluding carboxylic acids is 2. The van der Waals surface area contributed by atoms with Crippen LogP contribution in [-0.2, 0) is 11.2 Å². The molecule has 0 bridgehead atoms. The summed E-state index contributed by atoms with van der Waals surface area (Å²) >= 11 is 1.39. The van der Waals surface area contributed by atoms with Gasteiger partial charge in [0.15, 0.2) is 0 Å². The number of aromatic nitrogens is 2. The van der Waals surface area contributed by atoms with Crippen molar-refractivity contribution in [3.05, 3.63) is 75.4 Å². The van der Waals surface area contributed by atoms with Gasteiger partial charge in [0.2, 0.25) is 5.78 Å². The number of amides is 1. The maximum atomic E-state index is 13.6. The fourth-order valence-electron chi connectivity index (χ4n) is 5.33. The van der Waals surface area contributed by atoms with Gasteiger partial charge in [-0.2, -0.15) is 0 Å². The number of rotatable bonds is 5. The smallest absolute Gasteiger partial charge is 0.411 e. The van der Waals surface area contributed by atoms with E-state index in [1.54, 1.807) is 11.1 Å².